The summed E-state index contributed by atoms with van der Waals surface area (Å²) in [6, 6.07) is 12.5. The Morgan fingerprint density at radius 3 is 2.04 bits per heavy atom. The number of amides is 2. The molecule has 0 bridgehead atoms. The van der Waals surface area contributed by atoms with Gasteiger partial charge >= 0.3 is 0 Å². The van der Waals surface area contributed by atoms with Crippen LogP contribution in [0, 0.1) is 0 Å². The molecule has 7 heteroatoms. The summed E-state index contributed by atoms with van der Waals surface area (Å²) in [6.45, 7) is 1.66. The third-order valence-corrected chi connectivity index (χ3v) is 3.96. The number of hydrogen-bond donors (Lipinski definition) is 1. The average Bonchev–Trinajstić information content (AvgIpc) is 2.67. The molecule has 0 saturated heterocycles. The molecule has 2 amide bonds. The van der Waals surface area contributed by atoms with E-state index in [4.69, 9.17) is 14.2 Å². The second kappa shape index (κ2) is 9.47. The van der Waals surface area contributed by atoms with Gasteiger partial charge in [-0.3, -0.25) is 9.59 Å². The highest BCUT2D eigenvalue weighted by Crippen LogP contribution is 2.41. The van der Waals surface area contributed by atoms with Crippen LogP contribution in [0.15, 0.2) is 42.5 Å². The highest BCUT2D eigenvalue weighted by molar-refractivity contribution is 5.95. The standard InChI is InChI=1S/C20H24N2O5/c1-14(23)22(11-10-19(24)21-15-8-6-5-7-9-15)16-12-17(25-2)20(27-4)18(13-16)26-3/h5-9,12-13H,10-11H2,1-4H3,(H,21,24). The lowest BCUT2D eigenvalue weighted by molar-refractivity contribution is -0.117. The third kappa shape index (κ3) is 5.13. The van der Waals surface area contributed by atoms with E-state index in [9.17, 15) is 9.59 Å². The zero-order valence-electron chi connectivity index (χ0n) is 15.9. The summed E-state index contributed by atoms with van der Waals surface area (Å²) in [6.07, 6.45) is 0.144. The van der Waals surface area contributed by atoms with Crippen LogP contribution in [-0.4, -0.2) is 39.7 Å². The van der Waals surface area contributed by atoms with Gasteiger partial charge < -0.3 is 24.4 Å². The Bertz CT molecular complexity index is 767. The normalized spacial score (nSPS) is 10.1. The number of nitrogens with one attached hydrogen (secondary N) is 1. The first-order valence-corrected chi connectivity index (χ1v) is 8.43. The van der Waals surface area contributed by atoms with Crippen LogP contribution in [0.4, 0.5) is 11.4 Å². The van der Waals surface area contributed by atoms with Crippen LogP contribution in [-0.2, 0) is 9.59 Å². The Morgan fingerprint density at radius 1 is 0.963 bits per heavy atom. The lowest BCUT2D eigenvalue weighted by atomic mass is 10.2. The maximum Gasteiger partial charge on any atom is 0.226 e. The van der Waals surface area contributed by atoms with Crippen LogP contribution in [0.25, 0.3) is 0 Å². The lowest BCUT2D eigenvalue weighted by Gasteiger charge is -2.23. The maximum atomic E-state index is 12.2. The van der Waals surface area contributed by atoms with Gasteiger partial charge in [0.15, 0.2) is 11.5 Å². The van der Waals surface area contributed by atoms with Crippen LogP contribution in [0.3, 0.4) is 0 Å². The van der Waals surface area contributed by atoms with Crippen molar-refractivity contribution in [2.24, 2.45) is 0 Å². The summed E-state index contributed by atoms with van der Waals surface area (Å²) < 4.78 is 16.0. The quantitative estimate of drug-likeness (QED) is 0.770. The summed E-state index contributed by atoms with van der Waals surface area (Å²) >= 11 is 0. The fourth-order valence-corrected chi connectivity index (χ4v) is 2.65. The number of para-hydroxylation sites is 1. The fraction of sp³-hybridized carbons (Fsp3) is 0.300. The van der Waals surface area contributed by atoms with E-state index in [-0.39, 0.29) is 24.8 Å². The van der Waals surface area contributed by atoms with E-state index in [1.807, 2.05) is 18.2 Å². The van der Waals surface area contributed by atoms with Gasteiger partial charge in [0.1, 0.15) is 0 Å². The number of carbonyl (C=O) groups is 2. The van der Waals surface area contributed by atoms with E-state index >= 15 is 0 Å². The van der Waals surface area contributed by atoms with Gasteiger partial charge in [0.05, 0.1) is 27.0 Å². The van der Waals surface area contributed by atoms with Crippen LogP contribution < -0.4 is 24.4 Å². The maximum absolute atomic E-state index is 12.2. The summed E-state index contributed by atoms with van der Waals surface area (Å²) in [5.74, 6) is 0.935. The van der Waals surface area contributed by atoms with Crippen LogP contribution in [0.5, 0.6) is 17.2 Å². The summed E-state index contributed by atoms with van der Waals surface area (Å²) in [4.78, 5) is 25.8. The van der Waals surface area contributed by atoms with Crippen molar-refractivity contribution in [1.82, 2.24) is 0 Å². The molecule has 1 N–H and O–H groups in total. The van der Waals surface area contributed by atoms with Crippen molar-refractivity contribution in [3.63, 3.8) is 0 Å². The highest BCUT2D eigenvalue weighted by atomic mass is 16.5. The number of hydrogen-bond acceptors (Lipinski definition) is 5. The molecule has 0 radical (unpaired) electrons. The van der Waals surface area contributed by atoms with Gasteiger partial charge in [-0.1, -0.05) is 18.2 Å². The second-order valence-electron chi connectivity index (χ2n) is 5.72. The molecule has 2 aromatic carbocycles. The van der Waals surface area contributed by atoms with Crippen molar-refractivity contribution >= 4 is 23.2 Å². The zero-order valence-corrected chi connectivity index (χ0v) is 15.9. The molecule has 0 aliphatic heterocycles. The van der Waals surface area contributed by atoms with Gasteiger partial charge in [0.25, 0.3) is 0 Å². The summed E-state index contributed by atoms with van der Waals surface area (Å²) in [5.41, 5.74) is 1.27. The average molecular weight is 372 g/mol. The molecule has 0 spiro atoms. The number of anilines is 2. The van der Waals surface area contributed by atoms with Crippen LogP contribution in [0.1, 0.15) is 13.3 Å². The Hall–Kier alpha value is -3.22. The number of ether oxygens (including phenoxy) is 3. The van der Waals surface area contributed by atoms with Gasteiger partial charge in [0.2, 0.25) is 17.6 Å². The minimum Gasteiger partial charge on any atom is -0.493 e. The number of rotatable bonds is 8. The molecule has 0 saturated carbocycles. The largest absolute Gasteiger partial charge is 0.493 e. The second-order valence-corrected chi connectivity index (χ2v) is 5.72. The topological polar surface area (TPSA) is 77.1 Å². The fourth-order valence-electron chi connectivity index (χ4n) is 2.65. The molecule has 0 aliphatic rings. The first-order chi connectivity index (χ1) is 13.0. The third-order valence-electron chi connectivity index (χ3n) is 3.96. The van der Waals surface area contributed by atoms with Crippen LogP contribution >= 0.6 is 0 Å². The lowest BCUT2D eigenvalue weighted by Crippen LogP contribution is -2.32. The van der Waals surface area contributed by atoms with Crippen molar-refractivity contribution < 1.29 is 23.8 Å². The molecular weight excluding hydrogens is 348 g/mol. The SMILES string of the molecule is COc1cc(N(CCC(=O)Nc2ccccc2)C(C)=O)cc(OC)c1OC. The van der Waals surface area contributed by atoms with Crippen molar-refractivity contribution in [3.05, 3.63) is 42.5 Å². The van der Waals surface area contributed by atoms with E-state index in [2.05, 4.69) is 5.32 Å². The van der Waals surface area contributed by atoms with E-state index in [0.717, 1.165) is 0 Å². The first kappa shape index (κ1) is 20.1. The van der Waals surface area contributed by atoms with Gasteiger partial charge in [-0.15, -0.1) is 0 Å². The van der Waals surface area contributed by atoms with Crippen molar-refractivity contribution in [2.75, 3.05) is 38.1 Å². The van der Waals surface area contributed by atoms with E-state index < -0.39 is 0 Å². The highest BCUT2D eigenvalue weighted by Gasteiger charge is 2.19. The van der Waals surface area contributed by atoms with E-state index in [0.29, 0.717) is 28.6 Å². The van der Waals surface area contributed by atoms with Crippen LogP contribution in [0.2, 0.25) is 0 Å². The number of nitrogens with zero attached hydrogens (tertiary/aromatic N) is 1. The first-order valence-electron chi connectivity index (χ1n) is 8.43. The molecule has 0 fully saturated rings. The van der Waals surface area contributed by atoms with Crippen molar-refractivity contribution in [1.29, 1.82) is 0 Å². The Labute approximate surface area is 158 Å². The van der Waals surface area contributed by atoms with Gasteiger partial charge in [-0.05, 0) is 12.1 Å². The molecular formula is C20H24N2O5. The minimum atomic E-state index is -0.197. The minimum absolute atomic E-state index is 0.144. The molecule has 2 aromatic rings. The van der Waals surface area contributed by atoms with Crippen molar-refractivity contribution in [3.8, 4) is 17.2 Å². The molecule has 0 atom stereocenters. The molecule has 0 aromatic heterocycles. The van der Waals surface area contributed by atoms with Crippen molar-refractivity contribution in [2.45, 2.75) is 13.3 Å². The Balaban J connectivity index is 2.17. The molecule has 0 unspecified atom stereocenters. The molecule has 27 heavy (non-hydrogen) atoms. The van der Waals surface area contributed by atoms with Gasteiger partial charge in [-0.2, -0.15) is 0 Å². The summed E-state index contributed by atoms with van der Waals surface area (Å²) in [5, 5.41) is 2.80. The van der Waals surface area contributed by atoms with E-state index in [1.165, 1.54) is 33.2 Å². The number of benzene rings is 2. The Morgan fingerprint density at radius 2 is 1.56 bits per heavy atom. The molecule has 0 aliphatic carbocycles. The smallest absolute Gasteiger partial charge is 0.226 e. The molecule has 7 nitrogen and oxygen atoms in total. The monoisotopic (exact) mass is 372 g/mol. The predicted molar refractivity (Wildman–Crippen MR) is 104 cm³/mol. The molecule has 144 valence electrons. The van der Waals surface area contributed by atoms with Gasteiger partial charge in [-0.25, -0.2) is 0 Å². The predicted octanol–water partition coefficient (Wildman–Crippen LogP) is 3.09. The van der Waals surface area contributed by atoms with E-state index in [1.54, 1.807) is 24.3 Å². The Kier molecular flexibility index (Phi) is 7.05. The molecule has 0 heterocycles. The molecule has 2 rings (SSSR count). The number of carbonyl (C=O) groups excluding carboxylic acids is 2. The zero-order chi connectivity index (χ0) is 19.8. The summed E-state index contributed by atoms with van der Waals surface area (Å²) in [7, 11) is 4.52. The number of methoxy groups -OCH3 is 3. The van der Waals surface area contributed by atoms with Gasteiger partial charge in [0, 0.05) is 37.7 Å².